The van der Waals surface area contributed by atoms with E-state index in [-0.39, 0.29) is 17.7 Å². The molecule has 0 radical (unpaired) electrons. The van der Waals surface area contributed by atoms with Crippen molar-refractivity contribution in [1.29, 1.82) is 0 Å². The molecule has 1 aromatic heterocycles. The largest absolute Gasteiger partial charge is 0.480 e. The van der Waals surface area contributed by atoms with Crippen LogP contribution in [-0.4, -0.2) is 30.5 Å². The summed E-state index contributed by atoms with van der Waals surface area (Å²) >= 11 is 0. The van der Waals surface area contributed by atoms with Crippen LogP contribution in [0, 0.1) is 0 Å². The first-order chi connectivity index (χ1) is 13.6. The minimum atomic E-state index is -0.357. The first-order valence-electron chi connectivity index (χ1n) is 8.91. The number of nitrogens with one attached hydrogen (secondary N) is 1. The Kier molecular flexibility index (Phi) is 6.01. The lowest BCUT2D eigenvalue weighted by Gasteiger charge is -2.21. The Bertz CT molecular complexity index is 974. The highest BCUT2D eigenvalue weighted by atomic mass is 16.5. The number of ether oxygens (including phenoxy) is 1. The van der Waals surface area contributed by atoms with Crippen LogP contribution >= 0.6 is 0 Å². The van der Waals surface area contributed by atoms with Crippen LogP contribution < -0.4 is 15.0 Å². The topological polar surface area (TPSA) is 71.5 Å². The van der Waals surface area contributed by atoms with E-state index in [1.807, 2.05) is 37.3 Å². The van der Waals surface area contributed by atoms with Gasteiger partial charge in [0.2, 0.25) is 5.88 Å². The van der Waals surface area contributed by atoms with E-state index in [0.29, 0.717) is 23.4 Å². The van der Waals surface area contributed by atoms with Crippen molar-refractivity contribution in [2.45, 2.75) is 6.92 Å². The first kappa shape index (κ1) is 19.1. The lowest BCUT2D eigenvalue weighted by atomic mass is 10.1. The molecule has 0 unspecified atom stereocenters. The number of carbonyl (C=O) groups excluding carboxylic acids is 2. The van der Waals surface area contributed by atoms with Gasteiger partial charge >= 0.3 is 0 Å². The van der Waals surface area contributed by atoms with Crippen molar-refractivity contribution >= 4 is 23.2 Å². The molecule has 0 saturated carbocycles. The molecule has 0 saturated heterocycles. The maximum atomic E-state index is 13.0. The van der Waals surface area contributed by atoms with Crippen LogP contribution in [0.3, 0.4) is 0 Å². The summed E-state index contributed by atoms with van der Waals surface area (Å²) in [5.41, 5.74) is 2.15. The summed E-state index contributed by atoms with van der Waals surface area (Å²) in [6.45, 7) is 2.46. The third-order valence-electron chi connectivity index (χ3n) is 4.21. The van der Waals surface area contributed by atoms with Crippen molar-refractivity contribution < 1.29 is 14.3 Å². The number of nitrogens with zero attached hydrogens (tertiary/aromatic N) is 2. The molecular weight excluding hydrogens is 354 g/mol. The second-order valence-corrected chi connectivity index (χ2v) is 5.98. The quantitative estimate of drug-likeness (QED) is 0.707. The number of hydrogen-bond acceptors (Lipinski definition) is 4. The number of methoxy groups -OCH3 is 1. The number of rotatable bonds is 6. The van der Waals surface area contributed by atoms with Crippen LogP contribution in [0.1, 0.15) is 27.6 Å². The monoisotopic (exact) mass is 375 g/mol. The second-order valence-electron chi connectivity index (χ2n) is 5.98. The summed E-state index contributed by atoms with van der Waals surface area (Å²) in [6.07, 6.45) is 1.55. The van der Waals surface area contributed by atoms with E-state index in [1.165, 1.54) is 7.11 Å². The number of anilines is 2. The van der Waals surface area contributed by atoms with Crippen molar-refractivity contribution in [3.8, 4) is 5.88 Å². The van der Waals surface area contributed by atoms with Crippen LogP contribution in [0.25, 0.3) is 0 Å². The van der Waals surface area contributed by atoms with E-state index >= 15 is 0 Å². The number of aromatic nitrogens is 1. The summed E-state index contributed by atoms with van der Waals surface area (Å²) < 4.78 is 5.13. The van der Waals surface area contributed by atoms with Crippen LogP contribution in [0.2, 0.25) is 0 Å². The van der Waals surface area contributed by atoms with Gasteiger partial charge in [0.25, 0.3) is 11.8 Å². The van der Waals surface area contributed by atoms with Crippen LogP contribution in [0.4, 0.5) is 11.4 Å². The van der Waals surface area contributed by atoms with Crippen LogP contribution in [-0.2, 0) is 0 Å². The fraction of sp³-hybridized carbons (Fsp3) is 0.136. The average molecular weight is 375 g/mol. The van der Waals surface area contributed by atoms with Gasteiger partial charge in [0.15, 0.2) is 0 Å². The van der Waals surface area contributed by atoms with Gasteiger partial charge in [0.05, 0.1) is 7.11 Å². The van der Waals surface area contributed by atoms with Crippen molar-refractivity contribution in [2.75, 3.05) is 23.9 Å². The van der Waals surface area contributed by atoms with Gasteiger partial charge in [-0.05, 0) is 49.4 Å². The van der Waals surface area contributed by atoms with Gasteiger partial charge in [-0.1, -0.05) is 24.3 Å². The molecule has 6 heteroatoms. The Morgan fingerprint density at radius 3 is 2.54 bits per heavy atom. The molecule has 1 heterocycles. The molecule has 0 bridgehead atoms. The molecule has 2 amide bonds. The summed E-state index contributed by atoms with van der Waals surface area (Å²) in [5.74, 6) is -0.248. The Morgan fingerprint density at radius 1 is 1.04 bits per heavy atom. The Hall–Kier alpha value is -3.67. The molecule has 0 spiro atoms. The number of amides is 2. The number of benzene rings is 2. The van der Waals surface area contributed by atoms with E-state index in [0.717, 1.165) is 5.69 Å². The second kappa shape index (κ2) is 8.81. The highest BCUT2D eigenvalue weighted by Crippen LogP contribution is 2.20. The van der Waals surface area contributed by atoms with Gasteiger partial charge < -0.3 is 15.0 Å². The molecular formula is C22H21N3O3. The number of carbonyl (C=O) groups is 2. The third kappa shape index (κ3) is 4.17. The van der Waals surface area contributed by atoms with Gasteiger partial charge in [-0.3, -0.25) is 9.59 Å². The van der Waals surface area contributed by atoms with Gasteiger partial charge in [-0.25, -0.2) is 4.98 Å². The molecule has 142 valence electrons. The maximum Gasteiger partial charge on any atom is 0.261 e. The van der Waals surface area contributed by atoms with Gasteiger partial charge in [0, 0.05) is 29.7 Å². The normalized spacial score (nSPS) is 10.2. The predicted molar refractivity (Wildman–Crippen MR) is 109 cm³/mol. The van der Waals surface area contributed by atoms with Gasteiger partial charge in [0.1, 0.15) is 5.56 Å². The van der Waals surface area contributed by atoms with Crippen molar-refractivity contribution in [2.24, 2.45) is 0 Å². The van der Waals surface area contributed by atoms with E-state index in [4.69, 9.17) is 4.74 Å². The lowest BCUT2D eigenvalue weighted by Crippen LogP contribution is -2.30. The van der Waals surface area contributed by atoms with Crippen molar-refractivity contribution in [1.82, 2.24) is 4.98 Å². The number of pyridine rings is 1. The number of hydrogen-bond donors (Lipinski definition) is 1. The first-order valence-corrected chi connectivity index (χ1v) is 8.91. The summed E-state index contributed by atoms with van der Waals surface area (Å²) in [4.78, 5) is 31.2. The third-order valence-corrected chi connectivity index (χ3v) is 4.21. The zero-order valence-electron chi connectivity index (χ0n) is 15.8. The maximum absolute atomic E-state index is 13.0. The number of para-hydroxylation sites is 1. The Labute approximate surface area is 163 Å². The van der Waals surface area contributed by atoms with E-state index in [1.54, 1.807) is 47.5 Å². The molecule has 1 N–H and O–H groups in total. The average Bonchev–Trinajstić information content (AvgIpc) is 2.75. The highest BCUT2D eigenvalue weighted by molar-refractivity contribution is 6.09. The van der Waals surface area contributed by atoms with E-state index in [9.17, 15) is 9.59 Å². The zero-order chi connectivity index (χ0) is 19.9. The molecule has 0 aliphatic carbocycles. The summed E-state index contributed by atoms with van der Waals surface area (Å²) in [6, 6.07) is 19.6. The molecule has 2 aromatic carbocycles. The Balaban J connectivity index is 1.82. The molecule has 3 rings (SSSR count). The fourth-order valence-corrected chi connectivity index (χ4v) is 2.86. The zero-order valence-corrected chi connectivity index (χ0v) is 15.8. The van der Waals surface area contributed by atoms with Gasteiger partial charge in [-0.2, -0.15) is 0 Å². The van der Waals surface area contributed by atoms with Crippen molar-refractivity contribution in [3.63, 3.8) is 0 Å². The lowest BCUT2D eigenvalue weighted by molar-refractivity contribution is 0.0985. The van der Waals surface area contributed by atoms with Crippen LogP contribution in [0.15, 0.2) is 72.9 Å². The molecule has 6 nitrogen and oxygen atoms in total. The fourth-order valence-electron chi connectivity index (χ4n) is 2.86. The standard InChI is InChI=1S/C22H21N3O3/c1-3-25(18-11-5-4-6-12-18)22(27)16-9-7-10-17(15-16)24-20(26)19-13-8-14-23-21(19)28-2/h4-15H,3H2,1-2H3,(H,24,26). The summed E-state index contributed by atoms with van der Waals surface area (Å²) in [5, 5.41) is 2.80. The van der Waals surface area contributed by atoms with E-state index < -0.39 is 0 Å². The highest BCUT2D eigenvalue weighted by Gasteiger charge is 2.17. The predicted octanol–water partition coefficient (Wildman–Crippen LogP) is 4.01. The molecule has 0 aliphatic heterocycles. The molecule has 0 atom stereocenters. The minimum Gasteiger partial charge on any atom is -0.480 e. The smallest absolute Gasteiger partial charge is 0.261 e. The minimum absolute atomic E-state index is 0.135. The Morgan fingerprint density at radius 2 is 1.82 bits per heavy atom. The van der Waals surface area contributed by atoms with Crippen molar-refractivity contribution in [3.05, 3.63) is 84.1 Å². The van der Waals surface area contributed by atoms with Crippen LogP contribution in [0.5, 0.6) is 5.88 Å². The van der Waals surface area contributed by atoms with Gasteiger partial charge in [-0.15, -0.1) is 0 Å². The van der Waals surface area contributed by atoms with E-state index in [2.05, 4.69) is 10.3 Å². The molecule has 28 heavy (non-hydrogen) atoms. The summed E-state index contributed by atoms with van der Waals surface area (Å²) in [7, 11) is 1.46. The molecule has 0 aliphatic rings. The SMILES string of the molecule is CCN(C(=O)c1cccc(NC(=O)c2cccnc2OC)c1)c1ccccc1. The molecule has 0 fully saturated rings. The molecule has 3 aromatic rings.